The van der Waals surface area contributed by atoms with E-state index in [-0.39, 0.29) is 16.5 Å². The number of H-pyrrole nitrogens is 1. The highest BCUT2D eigenvalue weighted by Gasteiger charge is 2.39. The number of nitrogens with zero attached hydrogens (tertiary/aromatic N) is 1. The molecule has 1 N–H and O–H groups in total. The summed E-state index contributed by atoms with van der Waals surface area (Å²) in [7, 11) is 0. The molecule has 1 aromatic heterocycles. The molecule has 13 heavy (non-hydrogen) atoms. The van der Waals surface area contributed by atoms with Crippen LogP contribution in [0.2, 0.25) is 0 Å². The number of aromatic nitrogens is 1. The van der Waals surface area contributed by atoms with Crippen LogP contribution in [0.25, 0.3) is 0 Å². The molecule has 1 aliphatic carbocycles. The third-order valence-electron chi connectivity index (χ3n) is 2.68. The van der Waals surface area contributed by atoms with Gasteiger partial charge in [0, 0.05) is 11.1 Å². The van der Waals surface area contributed by atoms with E-state index in [0.29, 0.717) is 0 Å². The number of hydrogen-bond acceptors (Lipinski definition) is 2. The Bertz CT molecular complexity index is 435. The zero-order chi connectivity index (χ0) is 9.47. The van der Waals surface area contributed by atoms with Crippen LogP contribution in [0.15, 0.2) is 16.9 Å². The van der Waals surface area contributed by atoms with E-state index in [4.69, 9.17) is 5.26 Å². The fraction of sp³-hybridized carbons (Fsp3) is 0.400. The molecule has 0 bridgehead atoms. The van der Waals surface area contributed by atoms with Gasteiger partial charge in [0.1, 0.15) is 11.6 Å². The van der Waals surface area contributed by atoms with Crippen molar-refractivity contribution >= 4 is 0 Å². The Morgan fingerprint density at radius 3 is 2.69 bits per heavy atom. The van der Waals surface area contributed by atoms with Crippen molar-refractivity contribution in [1.29, 1.82) is 5.26 Å². The molecule has 3 nitrogen and oxygen atoms in total. The third kappa shape index (κ3) is 1.25. The van der Waals surface area contributed by atoms with Gasteiger partial charge >= 0.3 is 0 Å². The Balaban J connectivity index is 2.49. The molecule has 1 aliphatic rings. The van der Waals surface area contributed by atoms with Crippen molar-refractivity contribution in [3.8, 4) is 6.07 Å². The summed E-state index contributed by atoms with van der Waals surface area (Å²) in [5, 5.41) is 8.56. The van der Waals surface area contributed by atoms with Gasteiger partial charge in [0.15, 0.2) is 0 Å². The van der Waals surface area contributed by atoms with Crippen LogP contribution in [-0.4, -0.2) is 4.98 Å². The second kappa shape index (κ2) is 2.46. The Hall–Kier alpha value is -1.56. The summed E-state index contributed by atoms with van der Waals surface area (Å²) >= 11 is 0. The van der Waals surface area contributed by atoms with E-state index in [2.05, 4.69) is 11.9 Å². The van der Waals surface area contributed by atoms with E-state index >= 15 is 0 Å². The van der Waals surface area contributed by atoms with Crippen LogP contribution in [0, 0.1) is 11.3 Å². The van der Waals surface area contributed by atoms with Gasteiger partial charge in [-0.3, -0.25) is 4.79 Å². The fourth-order valence-corrected chi connectivity index (χ4v) is 1.37. The second-order valence-electron chi connectivity index (χ2n) is 3.79. The SMILES string of the molecule is CC1(c2ccc(C#N)c(=O)[nH]2)CC1. The molecule has 0 atom stereocenters. The third-order valence-corrected chi connectivity index (χ3v) is 2.68. The van der Waals surface area contributed by atoms with Gasteiger partial charge in [-0.1, -0.05) is 6.92 Å². The van der Waals surface area contributed by atoms with Gasteiger partial charge in [0.2, 0.25) is 0 Å². The number of pyridine rings is 1. The molecule has 1 saturated carbocycles. The number of nitrogens with one attached hydrogen (secondary N) is 1. The minimum absolute atomic E-state index is 0.160. The zero-order valence-corrected chi connectivity index (χ0v) is 7.42. The highest BCUT2D eigenvalue weighted by Crippen LogP contribution is 2.46. The number of nitriles is 1. The molecule has 0 spiro atoms. The maximum Gasteiger partial charge on any atom is 0.266 e. The van der Waals surface area contributed by atoms with Crippen molar-refractivity contribution in [3.05, 3.63) is 33.7 Å². The normalized spacial score (nSPS) is 17.8. The lowest BCUT2D eigenvalue weighted by Crippen LogP contribution is -2.15. The first kappa shape index (κ1) is 8.06. The Morgan fingerprint density at radius 1 is 1.54 bits per heavy atom. The largest absolute Gasteiger partial charge is 0.325 e. The molecule has 1 fully saturated rings. The van der Waals surface area contributed by atoms with E-state index in [9.17, 15) is 4.79 Å². The molecule has 0 aliphatic heterocycles. The number of rotatable bonds is 1. The molecule has 0 unspecified atom stereocenters. The summed E-state index contributed by atoms with van der Waals surface area (Å²) in [6.45, 7) is 2.12. The van der Waals surface area contributed by atoms with Gasteiger partial charge in [0.05, 0.1) is 0 Å². The van der Waals surface area contributed by atoms with Gasteiger partial charge in [-0.2, -0.15) is 5.26 Å². The lowest BCUT2D eigenvalue weighted by Gasteiger charge is -2.06. The minimum atomic E-state index is -0.270. The van der Waals surface area contributed by atoms with Crippen LogP contribution in [0.5, 0.6) is 0 Å². The highest BCUT2D eigenvalue weighted by molar-refractivity contribution is 5.31. The van der Waals surface area contributed by atoms with Crippen LogP contribution in [-0.2, 0) is 5.41 Å². The van der Waals surface area contributed by atoms with Gasteiger partial charge in [0.25, 0.3) is 5.56 Å². The van der Waals surface area contributed by atoms with Crippen LogP contribution >= 0.6 is 0 Å². The van der Waals surface area contributed by atoms with Gasteiger partial charge in [-0.15, -0.1) is 0 Å². The first-order valence-corrected chi connectivity index (χ1v) is 4.30. The van der Waals surface area contributed by atoms with Crippen LogP contribution < -0.4 is 5.56 Å². The zero-order valence-electron chi connectivity index (χ0n) is 7.42. The van der Waals surface area contributed by atoms with Gasteiger partial charge in [-0.25, -0.2) is 0 Å². The quantitative estimate of drug-likeness (QED) is 0.697. The molecule has 1 heterocycles. The Morgan fingerprint density at radius 2 is 2.23 bits per heavy atom. The maximum absolute atomic E-state index is 11.3. The first-order valence-electron chi connectivity index (χ1n) is 4.30. The number of hydrogen-bond donors (Lipinski definition) is 1. The minimum Gasteiger partial charge on any atom is -0.325 e. The molecular formula is C10H10N2O. The molecule has 3 heteroatoms. The van der Waals surface area contributed by atoms with Crippen molar-refractivity contribution in [2.24, 2.45) is 0 Å². The van der Waals surface area contributed by atoms with Crippen molar-refractivity contribution in [2.75, 3.05) is 0 Å². The van der Waals surface area contributed by atoms with Crippen molar-refractivity contribution in [2.45, 2.75) is 25.2 Å². The lowest BCUT2D eigenvalue weighted by molar-refractivity contribution is 0.744. The maximum atomic E-state index is 11.3. The topological polar surface area (TPSA) is 56.6 Å². The van der Waals surface area contributed by atoms with Gasteiger partial charge < -0.3 is 4.98 Å². The molecule has 0 amide bonds. The summed E-state index contributed by atoms with van der Waals surface area (Å²) in [4.78, 5) is 14.0. The molecular weight excluding hydrogens is 164 g/mol. The average molecular weight is 174 g/mol. The molecule has 2 rings (SSSR count). The highest BCUT2D eigenvalue weighted by atomic mass is 16.1. The van der Waals surface area contributed by atoms with Gasteiger partial charge in [-0.05, 0) is 25.0 Å². The van der Waals surface area contributed by atoms with Crippen molar-refractivity contribution in [1.82, 2.24) is 4.98 Å². The molecule has 0 saturated heterocycles. The Kier molecular flexibility index (Phi) is 1.53. The first-order chi connectivity index (χ1) is 6.15. The summed E-state index contributed by atoms with van der Waals surface area (Å²) in [6.07, 6.45) is 2.24. The Labute approximate surface area is 76.0 Å². The van der Waals surface area contributed by atoms with E-state index in [1.807, 2.05) is 12.1 Å². The summed E-state index contributed by atoms with van der Waals surface area (Å²) < 4.78 is 0. The van der Waals surface area contributed by atoms with Crippen molar-refractivity contribution in [3.63, 3.8) is 0 Å². The van der Waals surface area contributed by atoms with Crippen LogP contribution in [0.4, 0.5) is 0 Å². The van der Waals surface area contributed by atoms with E-state index < -0.39 is 0 Å². The molecule has 0 radical (unpaired) electrons. The predicted octanol–water partition coefficient (Wildman–Crippen LogP) is 1.30. The average Bonchev–Trinajstić information content (AvgIpc) is 2.85. The van der Waals surface area contributed by atoms with E-state index in [1.165, 1.54) is 0 Å². The smallest absolute Gasteiger partial charge is 0.266 e. The fourth-order valence-electron chi connectivity index (χ4n) is 1.37. The van der Waals surface area contributed by atoms with E-state index in [0.717, 1.165) is 18.5 Å². The van der Waals surface area contributed by atoms with E-state index in [1.54, 1.807) is 6.07 Å². The summed E-state index contributed by atoms with van der Waals surface area (Å²) in [5.74, 6) is 0. The van der Waals surface area contributed by atoms with Crippen molar-refractivity contribution < 1.29 is 0 Å². The second-order valence-corrected chi connectivity index (χ2v) is 3.79. The molecule has 66 valence electrons. The lowest BCUT2D eigenvalue weighted by atomic mass is 10.0. The van der Waals surface area contributed by atoms with Crippen LogP contribution in [0.3, 0.4) is 0 Å². The van der Waals surface area contributed by atoms with Crippen LogP contribution in [0.1, 0.15) is 31.0 Å². The summed E-state index contributed by atoms with van der Waals surface area (Å²) in [5.41, 5.74) is 1.03. The predicted molar refractivity (Wildman–Crippen MR) is 48.4 cm³/mol. The number of aromatic amines is 1. The molecule has 0 aromatic carbocycles. The summed E-state index contributed by atoms with van der Waals surface area (Å²) in [6, 6.07) is 5.29. The molecule has 1 aromatic rings. The monoisotopic (exact) mass is 174 g/mol. The standard InChI is InChI=1S/C10H10N2O/c1-10(4-5-10)8-3-2-7(6-11)9(13)12-8/h2-3H,4-5H2,1H3,(H,12,13).